The molecule has 2 rings (SSSR count). The minimum Gasteiger partial charge on any atom is -0.398 e. The van der Waals surface area contributed by atoms with Crippen LogP contribution in [0.1, 0.15) is 31.2 Å². The van der Waals surface area contributed by atoms with Crippen molar-refractivity contribution in [1.82, 2.24) is 4.72 Å². The second kappa shape index (κ2) is 6.89. The fourth-order valence-electron chi connectivity index (χ4n) is 2.33. The molecule has 1 aliphatic heterocycles. The molecule has 6 nitrogen and oxygen atoms in total. The summed E-state index contributed by atoms with van der Waals surface area (Å²) in [6.45, 7) is 1.06. The van der Waals surface area contributed by atoms with Gasteiger partial charge in [-0.05, 0) is 43.9 Å². The number of nitrogens with two attached hydrogens (primary N) is 1. The van der Waals surface area contributed by atoms with E-state index < -0.39 is 10.0 Å². The summed E-state index contributed by atoms with van der Waals surface area (Å²) in [4.78, 5) is 0.00561. The molecule has 1 aromatic rings. The van der Waals surface area contributed by atoms with Crippen molar-refractivity contribution in [3.63, 3.8) is 0 Å². The first-order valence-electron chi connectivity index (χ1n) is 6.94. The minimum atomic E-state index is -3.66. The molecule has 1 unspecified atom stereocenters. The molecule has 114 valence electrons. The van der Waals surface area contributed by atoms with Crippen molar-refractivity contribution in [2.45, 2.75) is 36.7 Å². The fraction of sp³-hybridized carbons (Fsp3) is 0.500. The van der Waals surface area contributed by atoms with Crippen LogP contribution in [0.25, 0.3) is 0 Å². The van der Waals surface area contributed by atoms with Crippen LogP contribution in [0.5, 0.6) is 0 Å². The number of sulfonamides is 1. The third-order valence-electron chi connectivity index (χ3n) is 3.46. The summed E-state index contributed by atoms with van der Waals surface area (Å²) < 4.78 is 32.4. The zero-order valence-corrected chi connectivity index (χ0v) is 12.5. The molecule has 7 heteroatoms. The Bertz CT molecular complexity index is 631. The van der Waals surface area contributed by atoms with Crippen LogP contribution in [0, 0.1) is 11.3 Å². The summed E-state index contributed by atoms with van der Waals surface area (Å²) in [5, 5.41) is 8.76. The van der Waals surface area contributed by atoms with Gasteiger partial charge in [-0.1, -0.05) is 0 Å². The second-order valence-corrected chi connectivity index (χ2v) is 6.77. The number of nitriles is 1. The first-order valence-corrected chi connectivity index (χ1v) is 8.42. The molecule has 0 bridgehead atoms. The molecular weight excluding hydrogens is 290 g/mol. The van der Waals surface area contributed by atoms with E-state index in [-0.39, 0.29) is 16.7 Å². The summed E-state index contributed by atoms with van der Waals surface area (Å²) in [7, 11) is -3.66. The maximum atomic E-state index is 12.2. The van der Waals surface area contributed by atoms with E-state index in [0.717, 1.165) is 25.9 Å². The molecule has 0 spiro atoms. The van der Waals surface area contributed by atoms with Gasteiger partial charge in [0.1, 0.15) is 4.90 Å². The average Bonchev–Trinajstić information content (AvgIpc) is 2.47. The summed E-state index contributed by atoms with van der Waals surface area (Å²) in [6, 6.07) is 6.07. The number of ether oxygens (including phenoxy) is 1. The Kier molecular flexibility index (Phi) is 5.17. The van der Waals surface area contributed by atoms with Gasteiger partial charge in [0, 0.05) is 13.2 Å². The Morgan fingerprint density at radius 3 is 2.86 bits per heavy atom. The molecule has 1 saturated heterocycles. The zero-order valence-electron chi connectivity index (χ0n) is 11.7. The standard InChI is InChI=1S/C14H19N3O3S/c15-10-11-4-5-14(13(16)9-11)21(18,19)17-7-6-12-3-1-2-8-20-12/h4-5,9,12,17H,1-3,6-8,16H2. The van der Waals surface area contributed by atoms with Crippen molar-refractivity contribution in [2.24, 2.45) is 0 Å². The number of hydrogen-bond donors (Lipinski definition) is 2. The van der Waals surface area contributed by atoms with E-state index in [2.05, 4.69) is 4.72 Å². The van der Waals surface area contributed by atoms with Crippen LogP contribution in [0.15, 0.2) is 23.1 Å². The minimum absolute atomic E-state index is 0.00561. The average molecular weight is 309 g/mol. The zero-order chi connectivity index (χ0) is 15.3. The van der Waals surface area contributed by atoms with Gasteiger partial charge in [0.15, 0.2) is 0 Å². The highest BCUT2D eigenvalue weighted by Crippen LogP contribution is 2.20. The van der Waals surface area contributed by atoms with Gasteiger partial charge in [0.25, 0.3) is 0 Å². The number of nitrogen functional groups attached to an aromatic ring is 1. The maximum absolute atomic E-state index is 12.2. The molecule has 1 fully saturated rings. The summed E-state index contributed by atoms with van der Waals surface area (Å²) in [5.41, 5.74) is 6.12. The normalized spacial score (nSPS) is 19.1. The van der Waals surface area contributed by atoms with Gasteiger partial charge in [-0.2, -0.15) is 5.26 Å². The lowest BCUT2D eigenvalue weighted by Crippen LogP contribution is -2.30. The number of anilines is 1. The first kappa shape index (κ1) is 15.8. The monoisotopic (exact) mass is 309 g/mol. The Hall–Kier alpha value is -1.62. The molecule has 1 aromatic carbocycles. The van der Waals surface area contributed by atoms with Gasteiger partial charge in [-0.25, -0.2) is 13.1 Å². The molecule has 1 aliphatic rings. The van der Waals surface area contributed by atoms with E-state index in [1.165, 1.54) is 18.2 Å². The molecule has 1 heterocycles. The van der Waals surface area contributed by atoms with Crippen LogP contribution in [-0.2, 0) is 14.8 Å². The topological polar surface area (TPSA) is 105 Å². The quantitative estimate of drug-likeness (QED) is 0.799. The van der Waals surface area contributed by atoms with Gasteiger partial charge in [-0.3, -0.25) is 0 Å². The first-order chi connectivity index (χ1) is 10.0. The van der Waals surface area contributed by atoms with Crippen molar-refractivity contribution in [1.29, 1.82) is 5.26 Å². The molecule has 0 radical (unpaired) electrons. The number of nitrogens with zero attached hydrogens (tertiary/aromatic N) is 1. The second-order valence-electron chi connectivity index (χ2n) is 5.04. The lowest BCUT2D eigenvalue weighted by molar-refractivity contribution is 0.0123. The maximum Gasteiger partial charge on any atom is 0.242 e. The predicted octanol–water partition coefficient (Wildman–Crippen LogP) is 1.38. The van der Waals surface area contributed by atoms with Gasteiger partial charge in [0.05, 0.1) is 23.4 Å². The Morgan fingerprint density at radius 1 is 1.43 bits per heavy atom. The number of nitrogens with one attached hydrogen (secondary N) is 1. The highest BCUT2D eigenvalue weighted by atomic mass is 32.2. The summed E-state index contributed by atoms with van der Waals surface area (Å²) in [5.74, 6) is 0. The van der Waals surface area contributed by atoms with E-state index in [1.807, 2.05) is 6.07 Å². The van der Waals surface area contributed by atoms with Crippen molar-refractivity contribution in [3.05, 3.63) is 23.8 Å². The van der Waals surface area contributed by atoms with Crippen molar-refractivity contribution < 1.29 is 13.2 Å². The largest absolute Gasteiger partial charge is 0.398 e. The molecule has 1 atom stereocenters. The number of rotatable bonds is 5. The Morgan fingerprint density at radius 2 is 2.24 bits per heavy atom. The van der Waals surface area contributed by atoms with Crippen molar-refractivity contribution >= 4 is 15.7 Å². The molecule has 0 aliphatic carbocycles. The fourth-order valence-corrected chi connectivity index (χ4v) is 3.49. The van der Waals surface area contributed by atoms with Crippen LogP contribution < -0.4 is 10.5 Å². The number of hydrogen-bond acceptors (Lipinski definition) is 5. The van der Waals surface area contributed by atoms with Crippen LogP contribution in [0.3, 0.4) is 0 Å². The molecule has 3 N–H and O–H groups in total. The Balaban J connectivity index is 1.96. The van der Waals surface area contributed by atoms with Crippen LogP contribution >= 0.6 is 0 Å². The molecule has 0 saturated carbocycles. The highest BCUT2D eigenvalue weighted by Gasteiger charge is 2.19. The lowest BCUT2D eigenvalue weighted by atomic mass is 10.1. The third kappa shape index (κ3) is 4.17. The van der Waals surface area contributed by atoms with Crippen LogP contribution in [0.4, 0.5) is 5.69 Å². The number of benzene rings is 1. The van der Waals surface area contributed by atoms with E-state index in [0.29, 0.717) is 18.5 Å². The Labute approximate surface area is 125 Å². The smallest absolute Gasteiger partial charge is 0.242 e. The van der Waals surface area contributed by atoms with Crippen LogP contribution in [-0.4, -0.2) is 27.7 Å². The van der Waals surface area contributed by atoms with Crippen molar-refractivity contribution in [3.8, 4) is 6.07 Å². The third-order valence-corrected chi connectivity index (χ3v) is 5.00. The van der Waals surface area contributed by atoms with E-state index >= 15 is 0 Å². The highest BCUT2D eigenvalue weighted by molar-refractivity contribution is 7.89. The van der Waals surface area contributed by atoms with Gasteiger partial charge in [0.2, 0.25) is 10.0 Å². The van der Waals surface area contributed by atoms with E-state index in [4.69, 9.17) is 15.7 Å². The predicted molar refractivity (Wildman–Crippen MR) is 79.0 cm³/mol. The van der Waals surface area contributed by atoms with Gasteiger partial charge < -0.3 is 10.5 Å². The summed E-state index contributed by atoms with van der Waals surface area (Å²) in [6.07, 6.45) is 3.94. The van der Waals surface area contributed by atoms with Crippen molar-refractivity contribution in [2.75, 3.05) is 18.9 Å². The van der Waals surface area contributed by atoms with Gasteiger partial charge in [-0.15, -0.1) is 0 Å². The molecular formula is C14H19N3O3S. The molecule has 0 amide bonds. The van der Waals surface area contributed by atoms with Gasteiger partial charge >= 0.3 is 0 Å². The molecule has 0 aromatic heterocycles. The van der Waals surface area contributed by atoms with E-state index in [9.17, 15) is 8.42 Å². The van der Waals surface area contributed by atoms with E-state index in [1.54, 1.807) is 0 Å². The lowest BCUT2D eigenvalue weighted by Gasteiger charge is -2.22. The van der Waals surface area contributed by atoms with Crippen LogP contribution in [0.2, 0.25) is 0 Å². The SMILES string of the molecule is N#Cc1ccc(S(=O)(=O)NCCC2CCCCO2)c(N)c1. The molecule has 21 heavy (non-hydrogen) atoms. The summed E-state index contributed by atoms with van der Waals surface area (Å²) >= 11 is 0.